The number of hydrogen-bond acceptors (Lipinski definition) is 3. The first kappa shape index (κ1) is 13.0. The van der Waals surface area contributed by atoms with E-state index in [9.17, 15) is 5.11 Å². The summed E-state index contributed by atoms with van der Waals surface area (Å²) in [5.74, 6) is 0.331. The third kappa shape index (κ3) is 4.21. The maximum atomic E-state index is 9.17. The van der Waals surface area contributed by atoms with Gasteiger partial charge in [0.25, 0.3) is 0 Å². The van der Waals surface area contributed by atoms with Crippen LogP contribution in [0.25, 0.3) is 0 Å². The molecule has 0 heterocycles. The average molecular weight is 222 g/mol. The van der Waals surface area contributed by atoms with E-state index in [0.29, 0.717) is 18.3 Å². The van der Waals surface area contributed by atoms with Crippen molar-refractivity contribution >= 4 is 0 Å². The molecule has 0 spiro atoms. The van der Waals surface area contributed by atoms with Crippen molar-refractivity contribution in [3.8, 4) is 5.75 Å². The van der Waals surface area contributed by atoms with Crippen LogP contribution in [0.3, 0.4) is 0 Å². The van der Waals surface area contributed by atoms with E-state index in [4.69, 9.17) is 5.73 Å². The van der Waals surface area contributed by atoms with Crippen molar-refractivity contribution in [3.05, 3.63) is 29.8 Å². The van der Waals surface area contributed by atoms with Gasteiger partial charge in [-0.3, -0.25) is 0 Å². The number of nitrogens with zero attached hydrogens (tertiary/aromatic N) is 1. The van der Waals surface area contributed by atoms with Gasteiger partial charge in [0, 0.05) is 19.1 Å². The Kier molecular flexibility index (Phi) is 5.29. The van der Waals surface area contributed by atoms with Gasteiger partial charge in [0.2, 0.25) is 0 Å². The number of phenolic OH excluding ortho intramolecular Hbond substituents is 1. The summed E-state index contributed by atoms with van der Waals surface area (Å²) in [5, 5.41) is 9.17. The van der Waals surface area contributed by atoms with Crippen LogP contribution in [0.1, 0.15) is 18.9 Å². The van der Waals surface area contributed by atoms with Gasteiger partial charge >= 0.3 is 0 Å². The fraction of sp³-hybridized carbons (Fsp3) is 0.538. The molecule has 1 unspecified atom stereocenters. The molecule has 16 heavy (non-hydrogen) atoms. The first-order valence-electron chi connectivity index (χ1n) is 5.81. The maximum absolute atomic E-state index is 9.17. The van der Waals surface area contributed by atoms with Crippen LogP contribution in [0, 0.1) is 0 Å². The minimum atomic E-state index is 0.331. The van der Waals surface area contributed by atoms with E-state index < -0.39 is 0 Å². The van der Waals surface area contributed by atoms with Crippen LogP contribution in [0.4, 0.5) is 0 Å². The molecule has 0 fully saturated rings. The van der Waals surface area contributed by atoms with Crippen molar-refractivity contribution < 1.29 is 5.11 Å². The number of hydrogen-bond donors (Lipinski definition) is 2. The van der Waals surface area contributed by atoms with Crippen LogP contribution in [-0.2, 0) is 6.42 Å². The van der Waals surface area contributed by atoms with E-state index >= 15 is 0 Å². The lowest BCUT2D eigenvalue weighted by Gasteiger charge is -2.23. The van der Waals surface area contributed by atoms with Gasteiger partial charge in [0.15, 0.2) is 0 Å². The fourth-order valence-corrected chi connectivity index (χ4v) is 1.68. The minimum Gasteiger partial charge on any atom is -0.508 e. The molecule has 3 nitrogen and oxygen atoms in total. The molecule has 0 saturated carbocycles. The molecule has 90 valence electrons. The highest BCUT2D eigenvalue weighted by molar-refractivity contribution is 5.25. The zero-order valence-corrected chi connectivity index (χ0v) is 10.2. The van der Waals surface area contributed by atoms with Gasteiger partial charge in [-0.1, -0.05) is 12.1 Å². The molecule has 1 aromatic rings. The maximum Gasteiger partial charge on any atom is 0.115 e. The number of benzene rings is 1. The molecule has 0 aromatic heterocycles. The average Bonchev–Trinajstić information content (AvgIpc) is 2.28. The van der Waals surface area contributed by atoms with E-state index in [0.717, 1.165) is 19.4 Å². The lowest BCUT2D eigenvalue weighted by atomic mass is 10.1. The topological polar surface area (TPSA) is 49.5 Å². The Morgan fingerprint density at radius 1 is 1.31 bits per heavy atom. The molecule has 1 aromatic carbocycles. The second-order valence-electron chi connectivity index (χ2n) is 4.32. The molecule has 0 saturated heterocycles. The Balaban J connectivity index is 2.36. The van der Waals surface area contributed by atoms with Crippen LogP contribution < -0.4 is 5.73 Å². The summed E-state index contributed by atoms with van der Waals surface area (Å²) in [5.41, 5.74) is 6.79. The number of nitrogens with two attached hydrogens (primary N) is 1. The number of rotatable bonds is 6. The summed E-state index contributed by atoms with van der Waals surface area (Å²) in [6, 6.07) is 7.97. The molecule has 0 radical (unpaired) electrons. The zero-order valence-electron chi connectivity index (χ0n) is 10.2. The smallest absolute Gasteiger partial charge is 0.115 e. The molecule has 1 atom stereocenters. The van der Waals surface area contributed by atoms with Crippen molar-refractivity contribution in [1.29, 1.82) is 0 Å². The van der Waals surface area contributed by atoms with Crippen molar-refractivity contribution in [2.45, 2.75) is 25.8 Å². The third-order valence-corrected chi connectivity index (χ3v) is 3.02. The first-order valence-corrected chi connectivity index (χ1v) is 5.81. The minimum absolute atomic E-state index is 0.331. The Labute approximate surface area is 97.9 Å². The van der Waals surface area contributed by atoms with Crippen molar-refractivity contribution in [3.63, 3.8) is 0 Å². The number of aromatic hydroxyl groups is 1. The molecular weight excluding hydrogens is 200 g/mol. The number of aryl methyl sites for hydroxylation is 1. The summed E-state index contributed by atoms with van der Waals surface area (Å²) in [4.78, 5) is 2.28. The summed E-state index contributed by atoms with van der Waals surface area (Å²) < 4.78 is 0. The second kappa shape index (κ2) is 6.51. The monoisotopic (exact) mass is 222 g/mol. The van der Waals surface area contributed by atoms with Gasteiger partial charge in [0.1, 0.15) is 5.75 Å². The summed E-state index contributed by atoms with van der Waals surface area (Å²) in [6.07, 6.45) is 2.15. The predicted octanol–water partition coefficient (Wildman–Crippen LogP) is 1.60. The molecule has 0 aliphatic rings. The van der Waals surface area contributed by atoms with E-state index in [1.54, 1.807) is 12.1 Å². The van der Waals surface area contributed by atoms with Gasteiger partial charge < -0.3 is 15.7 Å². The van der Waals surface area contributed by atoms with Gasteiger partial charge in [-0.05, 0) is 44.5 Å². The summed E-state index contributed by atoms with van der Waals surface area (Å²) in [7, 11) is 2.11. The van der Waals surface area contributed by atoms with E-state index in [2.05, 4.69) is 18.9 Å². The van der Waals surface area contributed by atoms with E-state index in [1.807, 2.05) is 12.1 Å². The van der Waals surface area contributed by atoms with Crippen LogP contribution in [0.5, 0.6) is 5.75 Å². The second-order valence-corrected chi connectivity index (χ2v) is 4.32. The highest BCUT2D eigenvalue weighted by Crippen LogP contribution is 2.13. The largest absolute Gasteiger partial charge is 0.508 e. The quantitative estimate of drug-likeness (QED) is 0.768. The van der Waals surface area contributed by atoms with Crippen LogP contribution in [-0.4, -0.2) is 36.2 Å². The lowest BCUT2D eigenvalue weighted by molar-refractivity contribution is 0.253. The summed E-state index contributed by atoms with van der Waals surface area (Å²) >= 11 is 0. The Hall–Kier alpha value is -1.06. The summed E-state index contributed by atoms with van der Waals surface area (Å²) in [6.45, 7) is 3.87. The van der Waals surface area contributed by atoms with E-state index in [1.165, 1.54) is 5.56 Å². The molecule has 1 rings (SSSR count). The number of phenols is 1. The Morgan fingerprint density at radius 2 is 1.94 bits per heavy atom. The van der Waals surface area contributed by atoms with Crippen molar-refractivity contribution in [2.75, 3.05) is 20.1 Å². The zero-order chi connectivity index (χ0) is 12.0. The Bertz CT molecular complexity index is 297. The first-order chi connectivity index (χ1) is 7.63. The third-order valence-electron chi connectivity index (χ3n) is 3.02. The highest BCUT2D eigenvalue weighted by Gasteiger charge is 2.07. The van der Waals surface area contributed by atoms with Gasteiger partial charge in [-0.25, -0.2) is 0 Å². The molecular formula is C13H22N2O. The lowest BCUT2D eigenvalue weighted by Crippen LogP contribution is -2.33. The molecule has 3 heteroatoms. The van der Waals surface area contributed by atoms with Gasteiger partial charge in [-0.15, -0.1) is 0 Å². The van der Waals surface area contributed by atoms with E-state index in [-0.39, 0.29) is 0 Å². The normalized spacial score (nSPS) is 13.0. The molecule has 0 bridgehead atoms. The van der Waals surface area contributed by atoms with Crippen LogP contribution >= 0.6 is 0 Å². The molecule has 0 amide bonds. The predicted molar refractivity (Wildman–Crippen MR) is 67.6 cm³/mol. The van der Waals surface area contributed by atoms with Crippen LogP contribution in [0.2, 0.25) is 0 Å². The van der Waals surface area contributed by atoms with Crippen molar-refractivity contribution in [2.24, 2.45) is 5.73 Å². The van der Waals surface area contributed by atoms with Crippen LogP contribution in [0.15, 0.2) is 24.3 Å². The SMILES string of the molecule is CC(CCc1ccc(O)cc1)N(C)CCN. The highest BCUT2D eigenvalue weighted by atomic mass is 16.3. The Morgan fingerprint density at radius 3 is 2.50 bits per heavy atom. The number of likely N-dealkylation sites (N-methyl/N-ethyl adjacent to an activating group) is 1. The van der Waals surface area contributed by atoms with Crippen molar-refractivity contribution in [1.82, 2.24) is 4.90 Å². The standard InChI is InChI=1S/C13H22N2O/c1-11(15(2)10-9-14)3-4-12-5-7-13(16)8-6-12/h5-8,11,16H,3-4,9-10,14H2,1-2H3. The van der Waals surface area contributed by atoms with Gasteiger partial charge in [-0.2, -0.15) is 0 Å². The molecule has 3 N–H and O–H groups in total. The molecule has 0 aliphatic carbocycles. The fourth-order valence-electron chi connectivity index (χ4n) is 1.68. The van der Waals surface area contributed by atoms with Gasteiger partial charge in [0.05, 0.1) is 0 Å². The molecule has 0 aliphatic heterocycles.